The molecular weight excluding hydrogens is 320 g/mol. The van der Waals surface area contributed by atoms with E-state index in [1.54, 1.807) is 0 Å². The van der Waals surface area contributed by atoms with Crippen molar-refractivity contribution in [2.75, 3.05) is 19.6 Å². The Balaban J connectivity index is 1.53. The highest BCUT2D eigenvalue weighted by atomic mass is 32.2. The third-order valence-corrected chi connectivity index (χ3v) is 7.76. The zero-order chi connectivity index (χ0) is 16.6. The number of imide groups is 1. The van der Waals surface area contributed by atoms with Gasteiger partial charge >= 0.3 is 0 Å². The molecule has 8 heteroatoms. The van der Waals surface area contributed by atoms with Crippen LogP contribution in [0.25, 0.3) is 0 Å². The molecule has 23 heavy (non-hydrogen) atoms. The Bertz CT molecular complexity index is 602. The topological polar surface area (TPSA) is 91.8 Å². The Hall–Kier alpha value is -1.44. The van der Waals surface area contributed by atoms with Crippen LogP contribution in [0.1, 0.15) is 44.9 Å². The van der Waals surface area contributed by atoms with Gasteiger partial charge in [-0.3, -0.25) is 19.3 Å². The van der Waals surface area contributed by atoms with Crippen LogP contribution in [-0.2, 0) is 24.2 Å². The first-order valence-electron chi connectivity index (χ1n) is 8.23. The first-order valence-corrected chi connectivity index (χ1v) is 9.84. The third kappa shape index (κ3) is 3.13. The van der Waals surface area contributed by atoms with Crippen molar-refractivity contribution in [2.45, 2.75) is 55.4 Å². The normalized spacial score (nSPS) is 24.2. The number of amides is 3. The summed E-state index contributed by atoms with van der Waals surface area (Å²) >= 11 is 0. The maximum absolute atomic E-state index is 12.5. The number of hydrogen-bond donors (Lipinski definition) is 0. The molecule has 0 bridgehead atoms. The zero-order valence-electron chi connectivity index (χ0n) is 13.1. The largest absolute Gasteiger partial charge is 0.338 e. The molecule has 3 rings (SSSR count). The molecule has 0 aromatic heterocycles. The number of rotatable bonds is 4. The van der Waals surface area contributed by atoms with Crippen molar-refractivity contribution in [3.8, 4) is 0 Å². The average Bonchev–Trinajstić information content (AvgIpc) is 2.78. The molecule has 7 nitrogen and oxygen atoms in total. The summed E-state index contributed by atoms with van der Waals surface area (Å²) in [5.41, 5.74) is 0. The van der Waals surface area contributed by atoms with Crippen molar-refractivity contribution in [3.05, 3.63) is 0 Å². The summed E-state index contributed by atoms with van der Waals surface area (Å²) in [6, 6.07) is 0. The van der Waals surface area contributed by atoms with Crippen molar-refractivity contribution in [1.29, 1.82) is 0 Å². The Morgan fingerprint density at radius 3 is 2.09 bits per heavy atom. The molecule has 0 aromatic carbocycles. The van der Waals surface area contributed by atoms with E-state index in [-0.39, 0.29) is 55.4 Å². The summed E-state index contributed by atoms with van der Waals surface area (Å²) in [7, 11) is -3.18. The first-order chi connectivity index (χ1) is 10.9. The molecule has 3 fully saturated rings. The van der Waals surface area contributed by atoms with Gasteiger partial charge in [-0.1, -0.05) is 19.3 Å². The zero-order valence-corrected chi connectivity index (χ0v) is 13.9. The lowest BCUT2D eigenvalue weighted by Gasteiger charge is -2.41. The molecule has 0 N–H and O–H groups in total. The minimum absolute atomic E-state index is 0.158. The molecule has 2 heterocycles. The summed E-state index contributed by atoms with van der Waals surface area (Å²) in [5, 5.41) is -0.750. The molecule has 3 aliphatic rings. The van der Waals surface area contributed by atoms with E-state index < -0.39 is 15.1 Å². The maximum atomic E-state index is 12.5. The molecule has 2 saturated heterocycles. The highest BCUT2D eigenvalue weighted by molar-refractivity contribution is 7.92. The van der Waals surface area contributed by atoms with Gasteiger partial charge in [0.2, 0.25) is 17.7 Å². The third-order valence-electron chi connectivity index (χ3n) is 5.13. The molecule has 0 atom stereocenters. The molecule has 0 radical (unpaired) electrons. The van der Waals surface area contributed by atoms with Crippen molar-refractivity contribution in [3.63, 3.8) is 0 Å². The van der Waals surface area contributed by atoms with Gasteiger partial charge in [0.25, 0.3) is 0 Å². The van der Waals surface area contributed by atoms with E-state index in [1.165, 1.54) is 4.90 Å². The van der Waals surface area contributed by atoms with E-state index >= 15 is 0 Å². The van der Waals surface area contributed by atoms with Crippen LogP contribution >= 0.6 is 0 Å². The monoisotopic (exact) mass is 342 g/mol. The van der Waals surface area contributed by atoms with Crippen LogP contribution in [0.5, 0.6) is 0 Å². The van der Waals surface area contributed by atoms with E-state index in [1.807, 2.05) is 0 Å². The van der Waals surface area contributed by atoms with Crippen LogP contribution < -0.4 is 0 Å². The summed E-state index contributed by atoms with van der Waals surface area (Å²) in [6.07, 6.45) is 4.78. The lowest BCUT2D eigenvalue weighted by molar-refractivity contribution is -0.146. The predicted octanol–water partition coefficient (Wildman–Crippen LogP) is 0.0937. The molecule has 2 aliphatic heterocycles. The fourth-order valence-corrected chi connectivity index (χ4v) is 5.86. The molecule has 1 saturated carbocycles. The van der Waals surface area contributed by atoms with E-state index in [4.69, 9.17) is 0 Å². The quantitative estimate of drug-likeness (QED) is 0.676. The lowest BCUT2D eigenvalue weighted by Crippen LogP contribution is -2.60. The van der Waals surface area contributed by atoms with Gasteiger partial charge in [-0.25, -0.2) is 8.42 Å². The smallest absolute Gasteiger partial charge is 0.242 e. The second-order valence-corrected chi connectivity index (χ2v) is 9.15. The minimum Gasteiger partial charge on any atom is -0.338 e. The van der Waals surface area contributed by atoms with Crippen molar-refractivity contribution in [1.82, 2.24) is 9.80 Å². The first kappa shape index (κ1) is 16.4. The molecule has 128 valence electrons. The van der Waals surface area contributed by atoms with Gasteiger partial charge in [-0.2, -0.15) is 0 Å². The summed E-state index contributed by atoms with van der Waals surface area (Å²) in [6.45, 7) is 0.121. The van der Waals surface area contributed by atoms with Crippen LogP contribution in [0.2, 0.25) is 0 Å². The number of likely N-dealkylation sites (tertiary alicyclic amines) is 2. The number of carbonyl (C=O) groups is 3. The Labute approximate surface area is 135 Å². The highest BCUT2D eigenvalue weighted by Gasteiger charge is 2.44. The van der Waals surface area contributed by atoms with Gasteiger partial charge in [0.15, 0.2) is 9.84 Å². The van der Waals surface area contributed by atoms with Gasteiger partial charge in [0.05, 0.1) is 10.5 Å². The Morgan fingerprint density at radius 1 is 0.957 bits per heavy atom. The number of sulfone groups is 1. The molecule has 3 amide bonds. The number of nitrogens with zero attached hydrogens (tertiary/aromatic N) is 2. The average molecular weight is 342 g/mol. The summed E-state index contributed by atoms with van der Waals surface area (Å²) < 4.78 is 25.1. The molecule has 0 unspecified atom stereocenters. The predicted molar refractivity (Wildman–Crippen MR) is 82.1 cm³/mol. The fraction of sp³-hybridized carbons (Fsp3) is 0.800. The molecular formula is C15H22N2O5S. The molecule has 1 aliphatic carbocycles. The van der Waals surface area contributed by atoms with Gasteiger partial charge in [-0.15, -0.1) is 0 Å². The maximum Gasteiger partial charge on any atom is 0.242 e. The van der Waals surface area contributed by atoms with Gasteiger partial charge in [0.1, 0.15) is 6.54 Å². The van der Waals surface area contributed by atoms with Crippen LogP contribution in [0.15, 0.2) is 0 Å². The van der Waals surface area contributed by atoms with Gasteiger partial charge < -0.3 is 4.90 Å². The van der Waals surface area contributed by atoms with Crippen LogP contribution in [-0.4, -0.2) is 66.1 Å². The summed E-state index contributed by atoms with van der Waals surface area (Å²) in [5.74, 6) is -0.991. The second kappa shape index (κ2) is 6.22. The lowest BCUT2D eigenvalue weighted by atomic mass is 10.0. The van der Waals surface area contributed by atoms with E-state index in [0.29, 0.717) is 0 Å². The Kier molecular flexibility index (Phi) is 4.44. The summed E-state index contributed by atoms with van der Waals surface area (Å²) in [4.78, 5) is 37.6. The SMILES string of the molecule is O=C(CN1C(=O)CCC1=O)N1CC(S(=O)(=O)C2CCCCC2)C1. The van der Waals surface area contributed by atoms with E-state index in [0.717, 1.165) is 37.0 Å². The van der Waals surface area contributed by atoms with E-state index in [2.05, 4.69) is 0 Å². The molecule has 0 aromatic rings. The minimum atomic E-state index is -3.18. The fourth-order valence-electron chi connectivity index (χ4n) is 3.55. The van der Waals surface area contributed by atoms with Crippen LogP contribution in [0.3, 0.4) is 0 Å². The second-order valence-electron chi connectivity index (χ2n) is 6.64. The van der Waals surface area contributed by atoms with Crippen molar-refractivity contribution in [2.24, 2.45) is 0 Å². The van der Waals surface area contributed by atoms with Gasteiger partial charge in [-0.05, 0) is 12.8 Å². The molecule has 0 spiro atoms. The number of carbonyl (C=O) groups excluding carboxylic acids is 3. The van der Waals surface area contributed by atoms with Crippen molar-refractivity contribution >= 4 is 27.6 Å². The van der Waals surface area contributed by atoms with E-state index in [9.17, 15) is 22.8 Å². The van der Waals surface area contributed by atoms with Crippen LogP contribution in [0.4, 0.5) is 0 Å². The van der Waals surface area contributed by atoms with Crippen molar-refractivity contribution < 1.29 is 22.8 Å². The highest BCUT2D eigenvalue weighted by Crippen LogP contribution is 2.30. The Morgan fingerprint density at radius 2 is 1.52 bits per heavy atom. The number of hydrogen-bond acceptors (Lipinski definition) is 5. The van der Waals surface area contributed by atoms with Crippen LogP contribution in [0, 0.1) is 0 Å². The standard InChI is InChI=1S/C15H22N2O5S/c18-13-6-7-14(19)17(13)10-15(20)16-8-12(9-16)23(21,22)11-4-2-1-3-5-11/h11-12H,1-10H2. The van der Waals surface area contributed by atoms with Gasteiger partial charge in [0, 0.05) is 25.9 Å².